The molecule has 0 saturated heterocycles. The van der Waals surface area contributed by atoms with E-state index in [4.69, 9.17) is 22.1 Å². The van der Waals surface area contributed by atoms with Gasteiger partial charge >= 0.3 is 0 Å². The zero-order chi connectivity index (χ0) is 18.4. The summed E-state index contributed by atoms with van der Waals surface area (Å²) in [4.78, 5) is 12.1. The van der Waals surface area contributed by atoms with Crippen molar-refractivity contribution in [3.63, 3.8) is 0 Å². The molecular weight excluding hydrogens is 364 g/mol. The number of hydrogen-bond donors (Lipinski definition) is 4. The monoisotopic (exact) mass is 380 g/mol. The number of rotatable bonds is 4. The number of anilines is 1. The van der Waals surface area contributed by atoms with Crippen LogP contribution in [0.2, 0.25) is 0 Å². The zero-order valence-electron chi connectivity index (χ0n) is 13.1. The first-order valence-electron chi connectivity index (χ1n) is 6.94. The highest BCUT2D eigenvalue weighted by molar-refractivity contribution is 7.89. The average molecular weight is 380 g/mol. The van der Waals surface area contributed by atoms with Gasteiger partial charge in [0.1, 0.15) is 5.75 Å². The number of para-hydroxylation sites is 1. The quantitative estimate of drug-likeness (QED) is 0.460. The Morgan fingerprint density at radius 1 is 1.12 bits per heavy atom. The summed E-state index contributed by atoms with van der Waals surface area (Å²) in [6, 6.07) is 12.8. The second kappa shape index (κ2) is 7.92. The number of methoxy groups -OCH3 is 1. The van der Waals surface area contributed by atoms with Gasteiger partial charge in [0.2, 0.25) is 10.0 Å². The number of benzene rings is 2. The molecule has 2 aromatic carbocycles. The lowest BCUT2D eigenvalue weighted by molar-refractivity contribution is 0.0941. The summed E-state index contributed by atoms with van der Waals surface area (Å²) in [6.07, 6.45) is 0. The van der Waals surface area contributed by atoms with Crippen molar-refractivity contribution in [2.75, 3.05) is 12.4 Å². The third-order valence-corrected chi connectivity index (χ3v) is 4.18. The normalized spacial score (nSPS) is 10.6. The van der Waals surface area contributed by atoms with Gasteiger partial charge in [-0.15, -0.1) is 0 Å². The fourth-order valence-electron chi connectivity index (χ4n) is 1.91. The smallest absolute Gasteiger partial charge is 0.273 e. The van der Waals surface area contributed by atoms with Crippen LogP contribution in [0, 0.1) is 0 Å². The van der Waals surface area contributed by atoms with Crippen LogP contribution in [0.25, 0.3) is 0 Å². The SMILES string of the molecule is COc1ccc(S(N)(=O)=O)cc1C(=O)NNC(=S)Nc1ccccc1. The van der Waals surface area contributed by atoms with Crippen LogP contribution in [-0.2, 0) is 10.0 Å². The molecule has 0 unspecified atom stereocenters. The molecule has 0 aliphatic heterocycles. The molecule has 10 heteroatoms. The van der Waals surface area contributed by atoms with Crippen LogP contribution in [0.3, 0.4) is 0 Å². The Bertz CT molecular complexity index is 886. The molecule has 132 valence electrons. The van der Waals surface area contributed by atoms with Gasteiger partial charge in [-0.2, -0.15) is 0 Å². The van der Waals surface area contributed by atoms with Gasteiger partial charge in [0.05, 0.1) is 17.6 Å². The van der Waals surface area contributed by atoms with Crippen molar-refractivity contribution in [2.45, 2.75) is 4.90 Å². The minimum atomic E-state index is -3.95. The maximum absolute atomic E-state index is 12.3. The van der Waals surface area contributed by atoms with Crippen LogP contribution in [0.4, 0.5) is 5.69 Å². The van der Waals surface area contributed by atoms with E-state index in [2.05, 4.69) is 16.2 Å². The Morgan fingerprint density at radius 2 is 1.80 bits per heavy atom. The summed E-state index contributed by atoms with van der Waals surface area (Å²) in [5, 5.41) is 8.10. The van der Waals surface area contributed by atoms with Crippen molar-refractivity contribution in [3.8, 4) is 5.75 Å². The van der Waals surface area contributed by atoms with E-state index >= 15 is 0 Å². The van der Waals surface area contributed by atoms with E-state index < -0.39 is 15.9 Å². The standard InChI is InChI=1S/C15H16N4O4S2/c1-23-13-8-7-11(25(16,21)22)9-12(13)14(20)18-19-15(24)17-10-5-3-2-4-6-10/h2-9H,1H3,(H,18,20)(H2,16,21,22)(H2,17,19,24). The molecule has 0 spiro atoms. The second-order valence-corrected chi connectivity index (χ2v) is 6.78. The number of carbonyl (C=O) groups excluding carboxylic acids is 1. The van der Waals surface area contributed by atoms with Crippen LogP contribution in [-0.4, -0.2) is 26.5 Å². The molecule has 0 aliphatic carbocycles. The Kier molecular flexibility index (Phi) is 5.91. The van der Waals surface area contributed by atoms with E-state index in [1.165, 1.54) is 19.2 Å². The highest BCUT2D eigenvalue weighted by Crippen LogP contribution is 2.21. The van der Waals surface area contributed by atoms with Crippen LogP contribution >= 0.6 is 12.2 Å². The van der Waals surface area contributed by atoms with Crippen molar-refractivity contribution in [1.82, 2.24) is 10.9 Å². The number of amides is 1. The highest BCUT2D eigenvalue weighted by Gasteiger charge is 2.17. The molecule has 0 aromatic heterocycles. The van der Waals surface area contributed by atoms with E-state index in [0.717, 1.165) is 11.8 Å². The molecule has 8 nitrogen and oxygen atoms in total. The van der Waals surface area contributed by atoms with E-state index in [9.17, 15) is 13.2 Å². The number of thiocarbonyl (C=S) groups is 1. The molecule has 0 saturated carbocycles. The third kappa shape index (κ3) is 5.14. The van der Waals surface area contributed by atoms with Gasteiger partial charge in [-0.05, 0) is 42.5 Å². The number of nitrogens with one attached hydrogen (secondary N) is 3. The fourth-order valence-corrected chi connectivity index (χ4v) is 2.61. The van der Waals surface area contributed by atoms with Crippen LogP contribution < -0.4 is 26.0 Å². The summed E-state index contributed by atoms with van der Waals surface area (Å²) in [6.45, 7) is 0. The molecule has 0 atom stereocenters. The first kappa shape index (κ1) is 18.6. The number of ether oxygens (including phenoxy) is 1. The molecule has 0 aliphatic rings. The van der Waals surface area contributed by atoms with Gasteiger partial charge in [-0.1, -0.05) is 18.2 Å². The first-order valence-corrected chi connectivity index (χ1v) is 8.90. The Balaban J connectivity index is 2.08. The first-order chi connectivity index (χ1) is 11.8. The third-order valence-electron chi connectivity index (χ3n) is 3.07. The number of hydrogen-bond acceptors (Lipinski definition) is 5. The summed E-state index contributed by atoms with van der Waals surface area (Å²) >= 11 is 5.07. The number of hydrazine groups is 1. The van der Waals surface area contributed by atoms with Crippen molar-refractivity contribution >= 4 is 38.9 Å². The molecule has 1 amide bonds. The van der Waals surface area contributed by atoms with E-state index in [1.54, 1.807) is 12.1 Å². The summed E-state index contributed by atoms with van der Waals surface area (Å²) in [7, 11) is -2.59. The molecule has 2 aromatic rings. The maximum Gasteiger partial charge on any atom is 0.273 e. The lowest BCUT2D eigenvalue weighted by Crippen LogP contribution is -2.43. The number of sulfonamides is 1. The minimum absolute atomic E-state index is 0.0102. The fraction of sp³-hybridized carbons (Fsp3) is 0.0667. The van der Waals surface area contributed by atoms with Gasteiger partial charge in [0.25, 0.3) is 5.91 Å². The summed E-state index contributed by atoms with van der Waals surface area (Å²) in [5.41, 5.74) is 5.62. The molecule has 0 radical (unpaired) electrons. The maximum atomic E-state index is 12.3. The Morgan fingerprint density at radius 3 is 2.40 bits per heavy atom. The summed E-state index contributed by atoms with van der Waals surface area (Å²) in [5.74, 6) is -0.451. The predicted octanol–water partition coefficient (Wildman–Crippen LogP) is 0.974. The highest BCUT2D eigenvalue weighted by atomic mass is 32.2. The zero-order valence-corrected chi connectivity index (χ0v) is 14.8. The Labute approximate surface area is 150 Å². The molecule has 25 heavy (non-hydrogen) atoms. The molecule has 0 heterocycles. The van der Waals surface area contributed by atoms with Crippen molar-refractivity contribution in [2.24, 2.45) is 5.14 Å². The molecule has 5 N–H and O–H groups in total. The molecule has 2 rings (SSSR count). The number of carbonyl (C=O) groups is 1. The van der Waals surface area contributed by atoms with Crippen molar-refractivity contribution in [1.29, 1.82) is 0 Å². The Hall–Kier alpha value is -2.69. The second-order valence-electron chi connectivity index (χ2n) is 4.81. The molecular formula is C15H16N4O4S2. The average Bonchev–Trinajstić information content (AvgIpc) is 2.59. The van der Waals surface area contributed by atoms with E-state index in [0.29, 0.717) is 0 Å². The van der Waals surface area contributed by atoms with Gasteiger partial charge in [-0.25, -0.2) is 13.6 Å². The lowest BCUT2D eigenvalue weighted by atomic mass is 10.2. The van der Waals surface area contributed by atoms with Gasteiger partial charge in [0.15, 0.2) is 5.11 Å². The van der Waals surface area contributed by atoms with E-state index in [1.807, 2.05) is 18.2 Å². The van der Waals surface area contributed by atoms with Gasteiger partial charge < -0.3 is 10.1 Å². The van der Waals surface area contributed by atoms with E-state index in [-0.39, 0.29) is 21.3 Å². The molecule has 0 fully saturated rings. The van der Waals surface area contributed by atoms with Crippen LogP contribution in [0.1, 0.15) is 10.4 Å². The van der Waals surface area contributed by atoms with Crippen LogP contribution in [0.15, 0.2) is 53.4 Å². The molecule has 0 bridgehead atoms. The van der Waals surface area contributed by atoms with Crippen molar-refractivity contribution in [3.05, 3.63) is 54.1 Å². The van der Waals surface area contributed by atoms with Gasteiger partial charge in [0, 0.05) is 5.69 Å². The number of nitrogens with two attached hydrogens (primary N) is 1. The largest absolute Gasteiger partial charge is 0.496 e. The lowest BCUT2D eigenvalue weighted by Gasteiger charge is -2.13. The minimum Gasteiger partial charge on any atom is -0.496 e. The number of primary sulfonamides is 1. The van der Waals surface area contributed by atoms with Crippen LogP contribution in [0.5, 0.6) is 5.75 Å². The topological polar surface area (TPSA) is 123 Å². The summed E-state index contributed by atoms with van der Waals surface area (Å²) < 4.78 is 27.9. The van der Waals surface area contributed by atoms with Crippen molar-refractivity contribution < 1.29 is 17.9 Å². The predicted molar refractivity (Wildman–Crippen MR) is 97.6 cm³/mol. The van der Waals surface area contributed by atoms with Gasteiger partial charge in [-0.3, -0.25) is 15.6 Å².